The standard InChI is InChI=1S/C8H5F3O2.C8H8N4/c9-8(10,11)6-3-1-5(2-4-6)7(12)13;9-7-5-3-1-2-4-6(5)11-8(10)12-7/h1-4H,(H,12,13);1-4H,(H4,9,10,11,12). The fraction of sp³-hybridized carbons (Fsp3) is 0.0625. The molecule has 9 heteroatoms. The number of anilines is 2. The number of aromatic carboxylic acids is 1. The highest BCUT2D eigenvalue weighted by Gasteiger charge is 2.30. The van der Waals surface area contributed by atoms with Gasteiger partial charge in [-0.25, -0.2) is 9.78 Å². The molecule has 0 aliphatic rings. The molecule has 0 amide bonds. The molecule has 0 saturated heterocycles. The van der Waals surface area contributed by atoms with Crippen LogP contribution in [0.4, 0.5) is 24.9 Å². The summed E-state index contributed by atoms with van der Waals surface area (Å²) in [6.07, 6.45) is -4.42. The first kappa shape index (κ1) is 18.0. The summed E-state index contributed by atoms with van der Waals surface area (Å²) in [7, 11) is 0. The number of nitrogens with two attached hydrogens (primary N) is 2. The highest BCUT2D eigenvalue weighted by atomic mass is 19.4. The Bertz CT molecular complexity index is 896. The molecule has 0 atom stereocenters. The Morgan fingerprint density at radius 1 is 0.960 bits per heavy atom. The molecular weight excluding hydrogens is 337 g/mol. The Hall–Kier alpha value is -3.36. The molecule has 1 aromatic heterocycles. The average molecular weight is 350 g/mol. The van der Waals surface area contributed by atoms with Gasteiger partial charge in [0.25, 0.3) is 0 Å². The van der Waals surface area contributed by atoms with Crippen molar-refractivity contribution >= 4 is 28.6 Å². The van der Waals surface area contributed by atoms with E-state index in [1.807, 2.05) is 24.3 Å². The molecule has 3 aromatic rings. The van der Waals surface area contributed by atoms with E-state index in [4.69, 9.17) is 16.6 Å². The molecule has 1 heterocycles. The first-order valence-electron chi connectivity index (χ1n) is 6.87. The Balaban J connectivity index is 0.000000181. The van der Waals surface area contributed by atoms with Gasteiger partial charge in [0, 0.05) is 5.39 Å². The van der Waals surface area contributed by atoms with Crippen LogP contribution >= 0.6 is 0 Å². The van der Waals surface area contributed by atoms with E-state index in [-0.39, 0.29) is 11.5 Å². The van der Waals surface area contributed by atoms with Crippen LogP contribution in [0.2, 0.25) is 0 Å². The Labute approximate surface area is 139 Å². The van der Waals surface area contributed by atoms with Gasteiger partial charge in [0.15, 0.2) is 0 Å². The Morgan fingerprint density at radius 3 is 2.12 bits per heavy atom. The first-order valence-corrected chi connectivity index (χ1v) is 6.87. The number of carboxylic acids is 1. The zero-order chi connectivity index (χ0) is 18.6. The van der Waals surface area contributed by atoms with Gasteiger partial charge in [-0.15, -0.1) is 0 Å². The van der Waals surface area contributed by atoms with Crippen molar-refractivity contribution in [2.45, 2.75) is 6.18 Å². The van der Waals surface area contributed by atoms with Gasteiger partial charge in [0.2, 0.25) is 5.95 Å². The summed E-state index contributed by atoms with van der Waals surface area (Å²) >= 11 is 0. The van der Waals surface area contributed by atoms with Gasteiger partial charge in [-0.2, -0.15) is 18.2 Å². The lowest BCUT2D eigenvalue weighted by molar-refractivity contribution is -0.137. The van der Waals surface area contributed by atoms with E-state index < -0.39 is 17.7 Å². The van der Waals surface area contributed by atoms with Crippen LogP contribution in [0.1, 0.15) is 15.9 Å². The highest BCUT2D eigenvalue weighted by molar-refractivity contribution is 5.88. The van der Waals surface area contributed by atoms with Crippen molar-refractivity contribution in [1.29, 1.82) is 0 Å². The predicted octanol–water partition coefficient (Wildman–Crippen LogP) is 3.20. The lowest BCUT2D eigenvalue weighted by Gasteiger charge is -2.05. The normalized spacial score (nSPS) is 10.8. The topological polar surface area (TPSA) is 115 Å². The van der Waals surface area contributed by atoms with Crippen molar-refractivity contribution in [2.24, 2.45) is 0 Å². The number of hydrogen-bond donors (Lipinski definition) is 3. The van der Waals surface area contributed by atoms with E-state index in [0.717, 1.165) is 35.2 Å². The summed E-state index contributed by atoms with van der Waals surface area (Å²) in [5, 5.41) is 9.24. The van der Waals surface area contributed by atoms with Crippen LogP contribution in [0.15, 0.2) is 48.5 Å². The average Bonchev–Trinajstić information content (AvgIpc) is 2.54. The number of alkyl halides is 3. The van der Waals surface area contributed by atoms with Crippen molar-refractivity contribution < 1.29 is 23.1 Å². The molecule has 2 aromatic carbocycles. The van der Waals surface area contributed by atoms with Gasteiger partial charge in [-0.1, -0.05) is 12.1 Å². The van der Waals surface area contributed by atoms with Gasteiger partial charge >= 0.3 is 12.1 Å². The third kappa shape index (κ3) is 4.56. The number of halogens is 3. The maximum absolute atomic E-state index is 12.0. The Kier molecular flexibility index (Phi) is 5.06. The van der Waals surface area contributed by atoms with Crippen LogP contribution in [0, 0.1) is 0 Å². The SMILES string of the molecule is Nc1nc(N)c2ccccc2n1.O=C(O)c1ccc(C(F)(F)F)cc1. The molecule has 0 saturated carbocycles. The predicted molar refractivity (Wildman–Crippen MR) is 86.8 cm³/mol. The molecule has 0 unspecified atom stereocenters. The van der Waals surface area contributed by atoms with E-state index in [9.17, 15) is 18.0 Å². The summed E-state index contributed by atoms with van der Waals surface area (Å²) < 4.78 is 35.9. The number of aromatic nitrogens is 2. The molecule has 130 valence electrons. The summed E-state index contributed by atoms with van der Waals surface area (Å²) in [5.41, 5.74) is 10.8. The smallest absolute Gasteiger partial charge is 0.416 e. The Morgan fingerprint density at radius 2 is 1.56 bits per heavy atom. The number of rotatable bonds is 1. The van der Waals surface area contributed by atoms with Crippen LogP contribution in [-0.4, -0.2) is 21.0 Å². The zero-order valence-corrected chi connectivity index (χ0v) is 12.7. The molecule has 0 bridgehead atoms. The molecule has 0 spiro atoms. The number of benzene rings is 2. The quantitative estimate of drug-likeness (QED) is 0.621. The molecule has 3 rings (SSSR count). The van der Waals surface area contributed by atoms with Crippen LogP contribution in [0.3, 0.4) is 0 Å². The third-order valence-corrected chi connectivity index (χ3v) is 3.11. The summed E-state index contributed by atoms with van der Waals surface area (Å²) in [6.45, 7) is 0. The molecule has 5 N–H and O–H groups in total. The van der Waals surface area contributed by atoms with Crippen LogP contribution in [0.5, 0.6) is 0 Å². The van der Waals surface area contributed by atoms with E-state index in [1.165, 1.54) is 0 Å². The number of carbonyl (C=O) groups is 1. The largest absolute Gasteiger partial charge is 0.478 e. The fourth-order valence-corrected chi connectivity index (χ4v) is 1.92. The number of para-hydroxylation sites is 1. The minimum absolute atomic E-state index is 0.159. The van der Waals surface area contributed by atoms with Gasteiger partial charge in [0.1, 0.15) is 5.82 Å². The third-order valence-electron chi connectivity index (χ3n) is 3.11. The minimum atomic E-state index is -4.42. The second-order valence-corrected chi connectivity index (χ2v) is 4.86. The van der Waals surface area contributed by atoms with Gasteiger partial charge in [-0.3, -0.25) is 0 Å². The van der Waals surface area contributed by atoms with Crippen molar-refractivity contribution in [3.05, 3.63) is 59.7 Å². The van der Waals surface area contributed by atoms with Gasteiger partial charge < -0.3 is 16.6 Å². The number of carboxylic acid groups (broad SMARTS) is 1. The molecule has 0 radical (unpaired) electrons. The molecule has 25 heavy (non-hydrogen) atoms. The lowest BCUT2D eigenvalue weighted by atomic mass is 10.1. The number of nitrogen functional groups attached to an aromatic ring is 2. The van der Waals surface area contributed by atoms with Crippen molar-refractivity contribution in [2.75, 3.05) is 11.5 Å². The van der Waals surface area contributed by atoms with Crippen LogP contribution < -0.4 is 11.5 Å². The van der Waals surface area contributed by atoms with E-state index in [1.54, 1.807) is 0 Å². The zero-order valence-electron chi connectivity index (χ0n) is 12.7. The second-order valence-electron chi connectivity index (χ2n) is 4.86. The molecule has 6 nitrogen and oxygen atoms in total. The second kappa shape index (κ2) is 7.04. The molecular formula is C16H13F3N4O2. The molecule has 0 aliphatic heterocycles. The molecule has 0 aliphatic carbocycles. The van der Waals surface area contributed by atoms with E-state index in [0.29, 0.717) is 5.82 Å². The van der Waals surface area contributed by atoms with Crippen molar-refractivity contribution in [1.82, 2.24) is 9.97 Å². The minimum Gasteiger partial charge on any atom is -0.478 e. The summed E-state index contributed by atoms with van der Waals surface area (Å²) in [6, 6.07) is 10.8. The maximum Gasteiger partial charge on any atom is 0.416 e. The van der Waals surface area contributed by atoms with Crippen LogP contribution in [0.25, 0.3) is 10.9 Å². The first-order chi connectivity index (χ1) is 11.7. The summed E-state index contributed by atoms with van der Waals surface area (Å²) in [4.78, 5) is 18.2. The van der Waals surface area contributed by atoms with Gasteiger partial charge in [-0.05, 0) is 36.4 Å². The highest BCUT2D eigenvalue weighted by Crippen LogP contribution is 2.29. The number of fused-ring (bicyclic) bond motifs is 1. The monoisotopic (exact) mass is 350 g/mol. The number of hydrogen-bond acceptors (Lipinski definition) is 5. The van der Waals surface area contributed by atoms with Crippen molar-refractivity contribution in [3.8, 4) is 0 Å². The van der Waals surface area contributed by atoms with E-state index in [2.05, 4.69) is 9.97 Å². The fourth-order valence-electron chi connectivity index (χ4n) is 1.92. The van der Waals surface area contributed by atoms with Crippen LogP contribution in [-0.2, 0) is 6.18 Å². The number of nitrogens with zero attached hydrogens (tertiary/aromatic N) is 2. The van der Waals surface area contributed by atoms with Crippen molar-refractivity contribution in [3.63, 3.8) is 0 Å². The molecule has 0 fully saturated rings. The maximum atomic E-state index is 12.0. The lowest BCUT2D eigenvalue weighted by Crippen LogP contribution is -2.05. The van der Waals surface area contributed by atoms with E-state index >= 15 is 0 Å². The van der Waals surface area contributed by atoms with Gasteiger partial charge in [0.05, 0.1) is 16.6 Å². The summed E-state index contributed by atoms with van der Waals surface area (Å²) in [5.74, 6) is -0.599.